The first-order valence-corrected chi connectivity index (χ1v) is 9.07. The molecular weight excluding hydrogens is 336 g/mol. The van der Waals surface area contributed by atoms with E-state index in [0.717, 1.165) is 11.3 Å². The maximum atomic E-state index is 5.48. The fraction of sp³-hybridized carbons (Fsp3) is 0.286. The number of hydrogen-bond donors (Lipinski definition) is 0. The van der Waals surface area contributed by atoms with Crippen molar-refractivity contribution >= 4 is 23.5 Å². The molecule has 9 heteroatoms. The summed E-state index contributed by atoms with van der Waals surface area (Å²) in [6, 6.07) is 7.50. The van der Waals surface area contributed by atoms with Crippen molar-refractivity contribution in [1.82, 2.24) is 20.3 Å². The third-order valence-electron chi connectivity index (χ3n) is 2.83. The van der Waals surface area contributed by atoms with Gasteiger partial charge in [0, 0.05) is 5.56 Å². The maximum Gasteiger partial charge on any atom is 0.277 e. The van der Waals surface area contributed by atoms with Gasteiger partial charge in [-0.3, -0.25) is 0 Å². The summed E-state index contributed by atoms with van der Waals surface area (Å²) < 4.78 is 15.9. The van der Waals surface area contributed by atoms with Crippen LogP contribution in [-0.2, 0) is 11.5 Å². The Kier molecular flexibility index (Phi) is 5.19. The molecule has 0 unspecified atom stereocenters. The number of thioether (sulfide) groups is 2. The van der Waals surface area contributed by atoms with E-state index in [0.29, 0.717) is 34.3 Å². The molecule has 0 aliphatic rings. The second kappa shape index (κ2) is 7.51. The summed E-state index contributed by atoms with van der Waals surface area (Å²) in [6.45, 7) is 0. The first kappa shape index (κ1) is 15.9. The number of aromatic nitrogens is 4. The zero-order valence-corrected chi connectivity index (χ0v) is 14.2. The Labute approximate surface area is 141 Å². The van der Waals surface area contributed by atoms with E-state index in [1.807, 2.05) is 30.5 Å². The zero-order valence-electron chi connectivity index (χ0n) is 12.6. The summed E-state index contributed by atoms with van der Waals surface area (Å²) in [5.41, 5.74) is 0.837. The lowest BCUT2D eigenvalue weighted by Gasteiger charge is -1.99. The van der Waals surface area contributed by atoms with E-state index in [2.05, 4.69) is 20.3 Å². The number of nitrogens with zero attached hydrogens (tertiary/aromatic N) is 4. The lowest BCUT2D eigenvalue weighted by atomic mass is 10.2. The van der Waals surface area contributed by atoms with Gasteiger partial charge in [-0.2, -0.15) is 16.7 Å². The van der Waals surface area contributed by atoms with Crippen LogP contribution in [-0.4, -0.2) is 33.7 Å². The van der Waals surface area contributed by atoms with Gasteiger partial charge in [-0.25, -0.2) is 0 Å². The minimum absolute atomic E-state index is 0.470. The Hall–Kier alpha value is -2.00. The summed E-state index contributed by atoms with van der Waals surface area (Å²) >= 11 is 3.00. The zero-order chi connectivity index (χ0) is 16.1. The summed E-state index contributed by atoms with van der Waals surface area (Å²) in [7, 11) is 1.62. The van der Waals surface area contributed by atoms with Gasteiger partial charge in [0.05, 0.1) is 18.6 Å². The SMILES string of the molecule is COc1cccc(-c2noc(CSc3nnc(CSC)o3)n2)c1. The minimum Gasteiger partial charge on any atom is -0.497 e. The van der Waals surface area contributed by atoms with Crippen LogP contribution in [0.1, 0.15) is 11.8 Å². The van der Waals surface area contributed by atoms with Gasteiger partial charge in [0.1, 0.15) is 5.75 Å². The van der Waals surface area contributed by atoms with Gasteiger partial charge >= 0.3 is 0 Å². The van der Waals surface area contributed by atoms with Crippen molar-refractivity contribution in [3.05, 3.63) is 36.0 Å². The van der Waals surface area contributed by atoms with Crippen molar-refractivity contribution in [1.29, 1.82) is 0 Å². The molecule has 0 saturated heterocycles. The molecule has 2 aromatic heterocycles. The van der Waals surface area contributed by atoms with E-state index in [-0.39, 0.29) is 0 Å². The molecule has 0 aliphatic carbocycles. The van der Waals surface area contributed by atoms with Crippen LogP contribution < -0.4 is 4.74 Å². The van der Waals surface area contributed by atoms with E-state index in [9.17, 15) is 0 Å². The number of rotatable bonds is 7. The van der Waals surface area contributed by atoms with Gasteiger partial charge < -0.3 is 13.7 Å². The number of hydrogen-bond acceptors (Lipinski definition) is 9. The molecule has 0 saturated carbocycles. The quantitative estimate of drug-likeness (QED) is 0.596. The van der Waals surface area contributed by atoms with Crippen LogP contribution in [0.5, 0.6) is 5.75 Å². The molecule has 3 rings (SSSR count). The van der Waals surface area contributed by atoms with Crippen molar-refractivity contribution in [2.24, 2.45) is 0 Å². The van der Waals surface area contributed by atoms with E-state index >= 15 is 0 Å². The second-order valence-corrected chi connectivity index (χ2v) is 6.22. The first-order chi connectivity index (χ1) is 11.3. The number of ether oxygens (including phenoxy) is 1. The lowest BCUT2D eigenvalue weighted by molar-refractivity contribution is 0.390. The van der Waals surface area contributed by atoms with Gasteiger partial charge in [0.2, 0.25) is 17.6 Å². The van der Waals surface area contributed by atoms with Gasteiger partial charge in [-0.15, -0.1) is 10.2 Å². The van der Waals surface area contributed by atoms with Crippen LogP contribution in [0.4, 0.5) is 0 Å². The minimum atomic E-state index is 0.470. The molecular formula is C14H14N4O3S2. The van der Waals surface area contributed by atoms with Crippen molar-refractivity contribution in [2.75, 3.05) is 13.4 Å². The average Bonchev–Trinajstić information content (AvgIpc) is 3.23. The molecule has 0 N–H and O–H groups in total. The van der Waals surface area contributed by atoms with Crippen LogP contribution in [0.2, 0.25) is 0 Å². The van der Waals surface area contributed by atoms with Gasteiger partial charge in [0.15, 0.2) is 0 Å². The number of benzene rings is 1. The Balaban J connectivity index is 1.64. The summed E-state index contributed by atoms with van der Waals surface area (Å²) in [5, 5.41) is 12.4. The molecule has 0 bridgehead atoms. The maximum absolute atomic E-state index is 5.48. The smallest absolute Gasteiger partial charge is 0.277 e. The predicted octanol–water partition coefficient (Wildman–Crippen LogP) is 3.28. The third-order valence-corrected chi connectivity index (χ3v) is 4.17. The van der Waals surface area contributed by atoms with Gasteiger partial charge in [0.25, 0.3) is 5.22 Å². The summed E-state index contributed by atoms with van der Waals surface area (Å²) in [4.78, 5) is 4.37. The molecule has 7 nitrogen and oxygen atoms in total. The molecule has 0 atom stereocenters. The van der Waals surface area contributed by atoms with Crippen LogP contribution >= 0.6 is 23.5 Å². The molecule has 23 heavy (non-hydrogen) atoms. The number of methoxy groups -OCH3 is 1. The first-order valence-electron chi connectivity index (χ1n) is 6.69. The molecule has 0 radical (unpaired) electrons. The molecule has 0 fully saturated rings. The highest BCUT2D eigenvalue weighted by molar-refractivity contribution is 7.98. The van der Waals surface area contributed by atoms with E-state index in [1.165, 1.54) is 11.8 Å². The van der Waals surface area contributed by atoms with Crippen molar-refractivity contribution in [2.45, 2.75) is 16.7 Å². The van der Waals surface area contributed by atoms with Gasteiger partial charge in [-0.05, 0) is 18.4 Å². The predicted molar refractivity (Wildman–Crippen MR) is 87.4 cm³/mol. The lowest BCUT2D eigenvalue weighted by Crippen LogP contribution is -1.86. The fourth-order valence-electron chi connectivity index (χ4n) is 1.79. The van der Waals surface area contributed by atoms with Crippen molar-refractivity contribution < 1.29 is 13.7 Å². The highest BCUT2D eigenvalue weighted by atomic mass is 32.2. The van der Waals surface area contributed by atoms with E-state index in [1.54, 1.807) is 18.9 Å². The Morgan fingerprint density at radius 2 is 2.09 bits per heavy atom. The Morgan fingerprint density at radius 1 is 1.17 bits per heavy atom. The largest absolute Gasteiger partial charge is 0.497 e. The summed E-state index contributed by atoms with van der Waals surface area (Å²) in [6.07, 6.45) is 1.98. The van der Waals surface area contributed by atoms with E-state index < -0.39 is 0 Å². The highest BCUT2D eigenvalue weighted by Gasteiger charge is 2.12. The fourth-order valence-corrected chi connectivity index (χ4v) is 2.78. The molecule has 2 heterocycles. The van der Waals surface area contributed by atoms with Crippen LogP contribution in [0.25, 0.3) is 11.4 Å². The third kappa shape index (κ3) is 4.05. The van der Waals surface area contributed by atoms with Crippen LogP contribution in [0, 0.1) is 0 Å². The second-order valence-electron chi connectivity index (χ2n) is 4.43. The van der Waals surface area contributed by atoms with Crippen LogP contribution in [0.15, 0.2) is 38.4 Å². The highest BCUT2D eigenvalue weighted by Crippen LogP contribution is 2.25. The molecule has 0 spiro atoms. The molecule has 120 valence electrons. The molecule has 0 amide bonds. The average molecular weight is 350 g/mol. The molecule has 0 aliphatic heterocycles. The van der Waals surface area contributed by atoms with Gasteiger partial charge in [-0.1, -0.05) is 29.1 Å². The molecule has 3 aromatic rings. The van der Waals surface area contributed by atoms with Crippen molar-refractivity contribution in [3.63, 3.8) is 0 Å². The normalized spacial score (nSPS) is 10.9. The molecule has 1 aromatic carbocycles. The topological polar surface area (TPSA) is 87.1 Å². The monoisotopic (exact) mass is 350 g/mol. The van der Waals surface area contributed by atoms with E-state index in [4.69, 9.17) is 13.7 Å². The van der Waals surface area contributed by atoms with Crippen LogP contribution in [0.3, 0.4) is 0 Å². The van der Waals surface area contributed by atoms with Crippen molar-refractivity contribution in [3.8, 4) is 17.1 Å². The Bertz CT molecular complexity index is 775. The summed E-state index contributed by atoms with van der Waals surface area (Å²) in [5.74, 6) is 3.55. The standard InChI is InChI=1S/C14H14N4O3S2/c1-19-10-5-3-4-9(6-10)13-15-11(21-18-13)8-23-14-17-16-12(20-14)7-22-2/h3-6H,7-8H2,1-2H3. The Morgan fingerprint density at radius 3 is 2.91 bits per heavy atom.